The van der Waals surface area contributed by atoms with E-state index in [1.54, 1.807) is 19.1 Å². The quantitative estimate of drug-likeness (QED) is 0.796. The molecule has 5 nitrogen and oxygen atoms in total. The Labute approximate surface area is 152 Å². The fraction of sp³-hybridized carbons (Fsp3) is 0.474. The van der Waals surface area contributed by atoms with Gasteiger partial charge in [0.05, 0.1) is 11.6 Å². The van der Waals surface area contributed by atoms with E-state index in [4.69, 9.17) is 16.3 Å². The molecule has 1 aliphatic carbocycles. The summed E-state index contributed by atoms with van der Waals surface area (Å²) in [5.41, 5.74) is 1.59. The van der Waals surface area contributed by atoms with Crippen molar-refractivity contribution in [1.82, 2.24) is 10.6 Å². The molecule has 0 spiro atoms. The normalized spacial score (nSPS) is 26.7. The molecule has 134 valence electrons. The molecule has 0 saturated heterocycles. The molecular formula is C19H23ClN2O3. The summed E-state index contributed by atoms with van der Waals surface area (Å²) in [5, 5.41) is 5.94. The largest absolute Gasteiger partial charge is 0.459 e. The smallest absolute Gasteiger partial charge is 0.338 e. The second-order valence-electron chi connectivity index (χ2n) is 6.88. The number of amides is 2. The molecule has 2 amide bonds. The van der Waals surface area contributed by atoms with Gasteiger partial charge in [-0.05, 0) is 50.2 Å². The maximum atomic E-state index is 12.8. The lowest BCUT2D eigenvalue weighted by molar-refractivity contribution is -0.146. The molecule has 0 bridgehead atoms. The minimum atomic E-state index is -0.613. The van der Waals surface area contributed by atoms with Crippen LogP contribution < -0.4 is 10.6 Å². The standard InChI is InChI=1S/C19H23ClN2O3/c1-11-7-9-13(10-8-11)25-18(23)16-12(2)21-19(24)22-17(16)14-5-3-4-6-15(14)20/h3-6,11,13,17H,7-10H2,1-2H3,(H2,21,22,24). The van der Waals surface area contributed by atoms with Gasteiger partial charge in [-0.1, -0.05) is 36.7 Å². The number of hydrogen-bond donors (Lipinski definition) is 2. The first-order valence-electron chi connectivity index (χ1n) is 8.69. The fourth-order valence-electron chi connectivity index (χ4n) is 3.47. The van der Waals surface area contributed by atoms with Crippen LogP contribution in [0.4, 0.5) is 4.79 Å². The number of ether oxygens (including phenoxy) is 1. The SMILES string of the molecule is CC1=C(C(=O)OC2CCC(C)CC2)C(c2ccccc2Cl)NC(=O)N1. The van der Waals surface area contributed by atoms with Crippen molar-refractivity contribution in [3.63, 3.8) is 0 Å². The van der Waals surface area contributed by atoms with Gasteiger partial charge in [0.25, 0.3) is 0 Å². The van der Waals surface area contributed by atoms with Crippen LogP contribution in [0.15, 0.2) is 35.5 Å². The maximum Gasteiger partial charge on any atom is 0.338 e. The summed E-state index contributed by atoms with van der Waals surface area (Å²) in [6, 6.07) is 6.22. The van der Waals surface area contributed by atoms with E-state index in [9.17, 15) is 9.59 Å². The third kappa shape index (κ3) is 3.98. The van der Waals surface area contributed by atoms with Gasteiger partial charge in [-0.15, -0.1) is 0 Å². The molecule has 1 aromatic carbocycles. The summed E-state index contributed by atoms with van der Waals surface area (Å²) < 4.78 is 5.75. The van der Waals surface area contributed by atoms with Crippen LogP contribution >= 0.6 is 11.6 Å². The van der Waals surface area contributed by atoms with Gasteiger partial charge in [0, 0.05) is 10.7 Å². The van der Waals surface area contributed by atoms with E-state index in [-0.39, 0.29) is 12.1 Å². The van der Waals surface area contributed by atoms with Crippen molar-refractivity contribution in [2.45, 2.75) is 51.7 Å². The van der Waals surface area contributed by atoms with Crippen molar-refractivity contribution in [3.05, 3.63) is 46.1 Å². The molecule has 1 unspecified atom stereocenters. The molecule has 0 radical (unpaired) electrons. The molecule has 25 heavy (non-hydrogen) atoms. The molecule has 1 fully saturated rings. The zero-order valence-corrected chi connectivity index (χ0v) is 15.2. The van der Waals surface area contributed by atoms with Crippen molar-refractivity contribution in [3.8, 4) is 0 Å². The zero-order chi connectivity index (χ0) is 18.0. The highest BCUT2D eigenvalue weighted by molar-refractivity contribution is 6.31. The predicted octanol–water partition coefficient (Wildman–Crippen LogP) is 4.09. The van der Waals surface area contributed by atoms with Crippen molar-refractivity contribution in [1.29, 1.82) is 0 Å². The van der Waals surface area contributed by atoms with Gasteiger partial charge in [0.2, 0.25) is 0 Å². The molecule has 2 N–H and O–H groups in total. The van der Waals surface area contributed by atoms with E-state index in [2.05, 4.69) is 17.6 Å². The Kier molecular flexibility index (Phi) is 5.33. The van der Waals surface area contributed by atoms with Gasteiger partial charge in [0.1, 0.15) is 6.10 Å². The summed E-state index contributed by atoms with van der Waals surface area (Å²) in [6.07, 6.45) is 3.84. The average molecular weight is 363 g/mol. The van der Waals surface area contributed by atoms with Gasteiger partial charge in [0.15, 0.2) is 0 Å². The third-order valence-electron chi connectivity index (χ3n) is 4.94. The second-order valence-corrected chi connectivity index (χ2v) is 7.29. The summed E-state index contributed by atoms with van der Waals surface area (Å²) in [5.74, 6) is 0.289. The molecule has 6 heteroatoms. The van der Waals surface area contributed by atoms with E-state index in [0.29, 0.717) is 27.8 Å². The number of rotatable bonds is 3. The van der Waals surface area contributed by atoms with Gasteiger partial charge < -0.3 is 15.4 Å². The Morgan fingerprint density at radius 2 is 1.88 bits per heavy atom. The highest BCUT2D eigenvalue weighted by Crippen LogP contribution is 2.33. The first-order valence-corrected chi connectivity index (χ1v) is 9.07. The van der Waals surface area contributed by atoms with E-state index in [0.717, 1.165) is 25.7 Å². The molecule has 1 heterocycles. The summed E-state index contributed by atoms with van der Waals surface area (Å²) >= 11 is 6.28. The fourth-order valence-corrected chi connectivity index (χ4v) is 3.71. The van der Waals surface area contributed by atoms with Crippen molar-refractivity contribution in [2.24, 2.45) is 5.92 Å². The molecule has 0 aromatic heterocycles. The summed E-state index contributed by atoms with van der Waals surface area (Å²) in [7, 11) is 0. The maximum absolute atomic E-state index is 12.8. The Bertz CT molecular complexity index is 708. The highest BCUT2D eigenvalue weighted by atomic mass is 35.5. The second kappa shape index (κ2) is 7.48. The lowest BCUT2D eigenvalue weighted by atomic mass is 9.89. The first kappa shape index (κ1) is 17.8. The number of hydrogen-bond acceptors (Lipinski definition) is 3. The summed E-state index contributed by atoms with van der Waals surface area (Å²) in [4.78, 5) is 24.8. The van der Waals surface area contributed by atoms with Gasteiger partial charge in [-0.3, -0.25) is 0 Å². The van der Waals surface area contributed by atoms with E-state index < -0.39 is 12.0 Å². The molecule has 1 saturated carbocycles. The number of esters is 1. The molecular weight excluding hydrogens is 340 g/mol. The number of carbonyl (C=O) groups excluding carboxylic acids is 2. The van der Waals surface area contributed by atoms with Crippen LogP contribution in [-0.4, -0.2) is 18.1 Å². The Morgan fingerprint density at radius 1 is 1.20 bits per heavy atom. The number of carbonyl (C=O) groups is 2. The Hall–Kier alpha value is -2.01. The number of halogens is 1. The van der Waals surface area contributed by atoms with Crippen LogP contribution in [0.1, 0.15) is 51.1 Å². The van der Waals surface area contributed by atoms with Gasteiger partial charge in [-0.2, -0.15) is 0 Å². The molecule has 1 aromatic rings. The number of urea groups is 1. The van der Waals surface area contributed by atoms with Gasteiger partial charge >= 0.3 is 12.0 Å². The van der Waals surface area contributed by atoms with Crippen LogP contribution in [0, 0.1) is 5.92 Å². The van der Waals surface area contributed by atoms with Crippen LogP contribution in [0.2, 0.25) is 5.02 Å². The molecule has 3 rings (SSSR count). The molecule has 1 aliphatic heterocycles. The lowest BCUT2D eigenvalue weighted by Gasteiger charge is -2.31. The van der Waals surface area contributed by atoms with Gasteiger partial charge in [-0.25, -0.2) is 9.59 Å². The van der Waals surface area contributed by atoms with Crippen LogP contribution in [0.3, 0.4) is 0 Å². The monoisotopic (exact) mass is 362 g/mol. The first-order chi connectivity index (χ1) is 12.0. The number of benzene rings is 1. The van der Waals surface area contributed by atoms with Crippen molar-refractivity contribution >= 4 is 23.6 Å². The van der Waals surface area contributed by atoms with Crippen molar-refractivity contribution < 1.29 is 14.3 Å². The lowest BCUT2D eigenvalue weighted by Crippen LogP contribution is -2.45. The van der Waals surface area contributed by atoms with Crippen LogP contribution in [0.5, 0.6) is 0 Å². The Morgan fingerprint density at radius 3 is 2.56 bits per heavy atom. The average Bonchev–Trinajstić information content (AvgIpc) is 2.56. The minimum absolute atomic E-state index is 0.0616. The number of allylic oxidation sites excluding steroid dienone is 1. The van der Waals surface area contributed by atoms with E-state index in [1.165, 1.54) is 0 Å². The molecule has 1 atom stereocenters. The van der Waals surface area contributed by atoms with Crippen LogP contribution in [0.25, 0.3) is 0 Å². The third-order valence-corrected chi connectivity index (χ3v) is 5.29. The van der Waals surface area contributed by atoms with E-state index in [1.807, 2.05) is 12.1 Å². The summed E-state index contributed by atoms with van der Waals surface area (Å²) in [6.45, 7) is 3.93. The van der Waals surface area contributed by atoms with Crippen LogP contribution in [-0.2, 0) is 9.53 Å². The molecule has 2 aliphatic rings. The Balaban J connectivity index is 1.85. The zero-order valence-electron chi connectivity index (χ0n) is 14.5. The minimum Gasteiger partial charge on any atom is -0.459 e. The topological polar surface area (TPSA) is 67.4 Å². The van der Waals surface area contributed by atoms with Crippen molar-refractivity contribution in [2.75, 3.05) is 0 Å². The predicted molar refractivity (Wildman–Crippen MR) is 96.1 cm³/mol. The van der Waals surface area contributed by atoms with E-state index >= 15 is 0 Å². The highest BCUT2D eigenvalue weighted by Gasteiger charge is 2.34. The number of nitrogens with one attached hydrogen (secondary N) is 2.